The van der Waals surface area contributed by atoms with Gasteiger partial charge in [-0.2, -0.15) is 0 Å². The van der Waals surface area contributed by atoms with Crippen LogP contribution in [0, 0.1) is 0 Å². The van der Waals surface area contributed by atoms with Crippen LogP contribution in [0.2, 0.25) is 5.02 Å². The first kappa shape index (κ1) is 12.2. The molecule has 0 bridgehead atoms. The molecule has 4 nitrogen and oxygen atoms in total. The van der Waals surface area contributed by atoms with Crippen molar-refractivity contribution in [2.75, 3.05) is 12.3 Å². The zero-order valence-corrected chi connectivity index (χ0v) is 10.3. The highest BCUT2D eigenvalue weighted by Crippen LogP contribution is 2.23. The number of carbonyl (C=O) groups is 1. The van der Waals surface area contributed by atoms with E-state index < -0.39 is 0 Å². The highest BCUT2D eigenvalue weighted by atomic mass is 35.5. The van der Waals surface area contributed by atoms with Crippen LogP contribution in [0.25, 0.3) is 0 Å². The summed E-state index contributed by atoms with van der Waals surface area (Å²) in [7, 11) is 0. The predicted molar refractivity (Wildman–Crippen MR) is 67.1 cm³/mol. The van der Waals surface area contributed by atoms with Crippen molar-refractivity contribution in [3.63, 3.8) is 0 Å². The lowest BCUT2D eigenvalue weighted by molar-refractivity contribution is 0.0866. The van der Waals surface area contributed by atoms with Crippen molar-refractivity contribution in [2.24, 2.45) is 0 Å². The molecule has 0 radical (unpaired) electrons. The Hall–Kier alpha value is -1.26. The Kier molecular flexibility index (Phi) is 3.54. The molecule has 0 saturated carbocycles. The van der Waals surface area contributed by atoms with Gasteiger partial charge in [-0.25, -0.2) is 0 Å². The van der Waals surface area contributed by atoms with E-state index in [-0.39, 0.29) is 18.1 Å². The third kappa shape index (κ3) is 2.53. The second kappa shape index (κ2) is 4.94. The molecule has 1 amide bonds. The van der Waals surface area contributed by atoms with Gasteiger partial charge in [0.15, 0.2) is 0 Å². The minimum atomic E-state index is -0.204. The molecular weight excluding hydrogens is 240 g/mol. The maximum absolute atomic E-state index is 12.0. The molecule has 1 saturated heterocycles. The summed E-state index contributed by atoms with van der Waals surface area (Å²) < 4.78 is 5.38. The molecule has 1 aromatic carbocycles. The Morgan fingerprint density at radius 1 is 1.59 bits per heavy atom. The topological polar surface area (TPSA) is 64.3 Å². The van der Waals surface area contributed by atoms with Gasteiger partial charge in [0.25, 0.3) is 5.91 Å². The molecule has 5 heteroatoms. The standard InChI is InChI=1S/C12H15ClN2O2/c1-7-10(5-6-17-7)15-12(16)8-3-2-4-9(14)11(8)13/h2-4,7,10H,5-6,14H2,1H3,(H,15,16). The van der Waals surface area contributed by atoms with E-state index in [1.54, 1.807) is 18.2 Å². The molecule has 1 fully saturated rings. The fourth-order valence-electron chi connectivity index (χ4n) is 1.89. The summed E-state index contributed by atoms with van der Waals surface area (Å²) in [4.78, 5) is 12.0. The van der Waals surface area contributed by atoms with Gasteiger partial charge in [0.05, 0.1) is 28.4 Å². The first-order chi connectivity index (χ1) is 8.09. The molecule has 0 spiro atoms. The highest BCUT2D eigenvalue weighted by molar-refractivity contribution is 6.36. The molecule has 1 aromatic rings. The SMILES string of the molecule is CC1OCCC1NC(=O)c1cccc(N)c1Cl. The van der Waals surface area contributed by atoms with E-state index in [0.29, 0.717) is 22.9 Å². The average Bonchev–Trinajstić information content (AvgIpc) is 2.68. The van der Waals surface area contributed by atoms with E-state index in [1.165, 1.54) is 0 Å². The molecule has 0 aromatic heterocycles. The first-order valence-corrected chi connectivity index (χ1v) is 5.94. The number of hydrogen-bond acceptors (Lipinski definition) is 3. The lowest BCUT2D eigenvalue weighted by Crippen LogP contribution is -2.39. The number of benzene rings is 1. The fraction of sp³-hybridized carbons (Fsp3) is 0.417. The van der Waals surface area contributed by atoms with Gasteiger partial charge < -0.3 is 15.8 Å². The van der Waals surface area contributed by atoms with Crippen LogP contribution in [0.4, 0.5) is 5.69 Å². The Labute approximate surface area is 105 Å². The minimum absolute atomic E-state index is 0.0405. The largest absolute Gasteiger partial charge is 0.398 e. The van der Waals surface area contributed by atoms with Crippen molar-refractivity contribution in [3.8, 4) is 0 Å². The van der Waals surface area contributed by atoms with Gasteiger partial charge in [-0.1, -0.05) is 17.7 Å². The zero-order chi connectivity index (χ0) is 12.4. The quantitative estimate of drug-likeness (QED) is 0.792. The number of ether oxygens (including phenoxy) is 1. The van der Waals surface area contributed by atoms with E-state index in [1.807, 2.05) is 6.92 Å². The minimum Gasteiger partial charge on any atom is -0.398 e. The van der Waals surface area contributed by atoms with Gasteiger partial charge in [0.1, 0.15) is 0 Å². The summed E-state index contributed by atoms with van der Waals surface area (Å²) in [6.45, 7) is 2.62. The van der Waals surface area contributed by atoms with Gasteiger partial charge in [-0.15, -0.1) is 0 Å². The molecule has 17 heavy (non-hydrogen) atoms. The summed E-state index contributed by atoms with van der Waals surface area (Å²) in [5.74, 6) is -0.204. The summed E-state index contributed by atoms with van der Waals surface area (Å²) in [6, 6.07) is 5.08. The maximum atomic E-state index is 12.0. The van der Waals surface area contributed by atoms with Gasteiger partial charge >= 0.3 is 0 Å². The molecule has 2 atom stereocenters. The number of nitrogens with two attached hydrogens (primary N) is 1. The summed E-state index contributed by atoms with van der Waals surface area (Å²) in [5, 5.41) is 3.21. The molecule has 2 rings (SSSR count). The van der Waals surface area contributed by atoms with Gasteiger partial charge in [-0.05, 0) is 25.5 Å². The van der Waals surface area contributed by atoms with Crippen LogP contribution < -0.4 is 11.1 Å². The number of amides is 1. The summed E-state index contributed by atoms with van der Waals surface area (Å²) in [6.07, 6.45) is 0.867. The van der Waals surface area contributed by atoms with Crippen molar-refractivity contribution in [1.29, 1.82) is 0 Å². The molecule has 92 valence electrons. The molecule has 3 N–H and O–H groups in total. The van der Waals surface area contributed by atoms with Gasteiger partial charge in [0.2, 0.25) is 0 Å². The summed E-state index contributed by atoms with van der Waals surface area (Å²) >= 11 is 5.99. The lowest BCUT2D eigenvalue weighted by Gasteiger charge is -2.16. The lowest BCUT2D eigenvalue weighted by atomic mass is 10.1. The van der Waals surface area contributed by atoms with Crippen LogP contribution in [0.15, 0.2) is 18.2 Å². The average molecular weight is 255 g/mol. The number of anilines is 1. The van der Waals surface area contributed by atoms with E-state index >= 15 is 0 Å². The van der Waals surface area contributed by atoms with E-state index in [2.05, 4.69) is 5.32 Å². The van der Waals surface area contributed by atoms with Crippen molar-refractivity contribution in [1.82, 2.24) is 5.32 Å². The van der Waals surface area contributed by atoms with E-state index in [0.717, 1.165) is 6.42 Å². The Morgan fingerprint density at radius 2 is 2.35 bits per heavy atom. The van der Waals surface area contributed by atoms with Crippen molar-refractivity contribution >= 4 is 23.2 Å². The Bertz CT molecular complexity index is 437. The van der Waals surface area contributed by atoms with E-state index in [9.17, 15) is 4.79 Å². The fourth-order valence-corrected chi connectivity index (χ4v) is 2.10. The molecule has 1 aliphatic heterocycles. The number of nitrogens with one attached hydrogen (secondary N) is 1. The van der Waals surface area contributed by atoms with E-state index in [4.69, 9.17) is 22.1 Å². The second-order valence-electron chi connectivity index (χ2n) is 4.15. The Balaban J connectivity index is 2.12. The van der Waals surface area contributed by atoms with Crippen LogP contribution in [-0.2, 0) is 4.74 Å². The molecule has 0 aliphatic carbocycles. The molecule has 1 aliphatic rings. The zero-order valence-electron chi connectivity index (χ0n) is 9.57. The highest BCUT2D eigenvalue weighted by Gasteiger charge is 2.26. The third-order valence-electron chi connectivity index (χ3n) is 2.97. The maximum Gasteiger partial charge on any atom is 0.253 e. The number of halogens is 1. The smallest absolute Gasteiger partial charge is 0.253 e. The number of carbonyl (C=O) groups excluding carboxylic acids is 1. The van der Waals surface area contributed by atoms with Crippen molar-refractivity contribution in [2.45, 2.75) is 25.5 Å². The van der Waals surface area contributed by atoms with Gasteiger partial charge in [-0.3, -0.25) is 4.79 Å². The molecule has 2 unspecified atom stereocenters. The third-order valence-corrected chi connectivity index (χ3v) is 3.39. The predicted octanol–water partition coefficient (Wildman–Crippen LogP) is 1.83. The summed E-state index contributed by atoms with van der Waals surface area (Å²) in [5.41, 5.74) is 6.48. The van der Waals surface area contributed by atoms with Gasteiger partial charge in [0, 0.05) is 6.61 Å². The van der Waals surface area contributed by atoms with Crippen LogP contribution in [0.1, 0.15) is 23.7 Å². The van der Waals surface area contributed by atoms with Crippen molar-refractivity contribution in [3.05, 3.63) is 28.8 Å². The van der Waals surface area contributed by atoms with Crippen LogP contribution in [-0.4, -0.2) is 24.7 Å². The number of rotatable bonds is 2. The Morgan fingerprint density at radius 3 is 3.00 bits per heavy atom. The molecular formula is C12H15ClN2O2. The van der Waals surface area contributed by atoms with Crippen LogP contribution in [0.5, 0.6) is 0 Å². The van der Waals surface area contributed by atoms with Crippen molar-refractivity contribution < 1.29 is 9.53 Å². The number of hydrogen-bond donors (Lipinski definition) is 2. The van der Waals surface area contributed by atoms with Crippen LogP contribution >= 0.6 is 11.6 Å². The van der Waals surface area contributed by atoms with Crippen LogP contribution in [0.3, 0.4) is 0 Å². The molecule has 1 heterocycles. The number of nitrogen functional groups attached to an aromatic ring is 1. The normalized spacial score (nSPS) is 23.6. The first-order valence-electron chi connectivity index (χ1n) is 5.56. The second-order valence-corrected chi connectivity index (χ2v) is 4.53. The monoisotopic (exact) mass is 254 g/mol.